The number of hydrogen-bond donors (Lipinski definition) is 1. The first-order valence-electron chi connectivity index (χ1n) is 10.8. The molecule has 4 rings (SSSR count). The molecule has 0 amide bonds. The van der Waals surface area contributed by atoms with Crippen LogP contribution >= 0.6 is 0 Å². The molecule has 0 aliphatic carbocycles. The molecule has 0 aromatic heterocycles. The zero-order chi connectivity index (χ0) is 22.6. The van der Waals surface area contributed by atoms with E-state index in [2.05, 4.69) is 39.4 Å². The predicted molar refractivity (Wildman–Crippen MR) is 129 cm³/mol. The Labute approximate surface area is 190 Å². The highest BCUT2D eigenvalue weighted by atomic mass is 32.2. The Morgan fingerprint density at radius 2 is 1.47 bits per heavy atom. The molecule has 3 aromatic rings. The van der Waals surface area contributed by atoms with E-state index in [1.165, 1.54) is 5.56 Å². The van der Waals surface area contributed by atoms with E-state index >= 15 is 0 Å². The lowest BCUT2D eigenvalue weighted by Crippen LogP contribution is -2.45. The van der Waals surface area contributed by atoms with Crippen LogP contribution in [0.2, 0.25) is 0 Å². The van der Waals surface area contributed by atoms with Crippen LogP contribution in [0.1, 0.15) is 11.1 Å². The summed E-state index contributed by atoms with van der Waals surface area (Å²) < 4.78 is 30.3. The van der Waals surface area contributed by atoms with E-state index in [0.29, 0.717) is 5.75 Å². The van der Waals surface area contributed by atoms with Gasteiger partial charge in [-0.25, -0.2) is 0 Å². The standard InChI is InChI=1S/C25H29N3O3S/c1-20-3-13-25(14-4-20)32(29,30)31-24-11-9-23(10-12-24)28-17-15-27(16-18-28)19-21-5-7-22(26-2)8-6-21/h3-14,26H,15-19H2,1-2H3. The average molecular weight is 452 g/mol. The molecule has 0 spiro atoms. The fourth-order valence-electron chi connectivity index (χ4n) is 3.79. The molecule has 1 heterocycles. The number of aryl methyl sites for hydroxylation is 1. The minimum Gasteiger partial charge on any atom is -0.388 e. The second kappa shape index (κ2) is 9.63. The smallest absolute Gasteiger partial charge is 0.339 e. The fraction of sp³-hybridized carbons (Fsp3) is 0.280. The molecule has 168 valence electrons. The first kappa shape index (κ1) is 22.2. The van der Waals surface area contributed by atoms with Crippen LogP contribution in [0.15, 0.2) is 77.7 Å². The summed E-state index contributed by atoms with van der Waals surface area (Å²) in [5.41, 5.74) is 4.51. The van der Waals surface area contributed by atoms with Crippen LogP contribution in [0.25, 0.3) is 0 Å². The van der Waals surface area contributed by atoms with Crippen molar-refractivity contribution in [3.05, 3.63) is 83.9 Å². The first-order valence-corrected chi connectivity index (χ1v) is 12.2. The van der Waals surface area contributed by atoms with E-state index in [1.54, 1.807) is 36.4 Å². The molecule has 0 bridgehead atoms. The SMILES string of the molecule is CNc1ccc(CN2CCN(c3ccc(OS(=O)(=O)c4ccc(C)cc4)cc3)CC2)cc1. The maximum atomic E-state index is 12.5. The van der Waals surface area contributed by atoms with E-state index in [1.807, 2.05) is 26.1 Å². The maximum absolute atomic E-state index is 12.5. The molecule has 1 aliphatic rings. The summed E-state index contributed by atoms with van der Waals surface area (Å²) in [4.78, 5) is 4.93. The second-order valence-corrected chi connectivity index (χ2v) is 9.60. The largest absolute Gasteiger partial charge is 0.388 e. The summed E-state index contributed by atoms with van der Waals surface area (Å²) >= 11 is 0. The van der Waals surface area contributed by atoms with Gasteiger partial charge in [0.25, 0.3) is 0 Å². The number of benzene rings is 3. The molecule has 32 heavy (non-hydrogen) atoms. The third kappa shape index (κ3) is 5.41. The van der Waals surface area contributed by atoms with E-state index in [9.17, 15) is 8.42 Å². The zero-order valence-electron chi connectivity index (χ0n) is 18.5. The van der Waals surface area contributed by atoms with Crippen molar-refractivity contribution in [3.63, 3.8) is 0 Å². The first-order chi connectivity index (χ1) is 15.4. The number of rotatable bonds is 7. The van der Waals surface area contributed by atoms with Crippen molar-refractivity contribution in [2.24, 2.45) is 0 Å². The molecule has 1 saturated heterocycles. The van der Waals surface area contributed by atoms with Gasteiger partial charge >= 0.3 is 10.1 Å². The van der Waals surface area contributed by atoms with E-state index in [-0.39, 0.29) is 4.90 Å². The molecule has 0 saturated carbocycles. The highest BCUT2D eigenvalue weighted by Gasteiger charge is 2.19. The van der Waals surface area contributed by atoms with Gasteiger partial charge in [-0.3, -0.25) is 4.90 Å². The molecule has 1 N–H and O–H groups in total. The molecule has 3 aromatic carbocycles. The minimum atomic E-state index is -3.83. The van der Waals surface area contributed by atoms with Crippen molar-refractivity contribution in [2.75, 3.05) is 43.4 Å². The van der Waals surface area contributed by atoms with Gasteiger partial charge < -0.3 is 14.4 Å². The Kier molecular flexibility index (Phi) is 6.67. The monoisotopic (exact) mass is 451 g/mol. The molecule has 1 aliphatic heterocycles. The van der Waals surface area contributed by atoms with Crippen molar-refractivity contribution in [3.8, 4) is 5.75 Å². The Morgan fingerprint density at radius 3 is 2.06 bits per heavy atom. The molecule has 6 nitrogen and oxygen atoms in total. The Balaban J connectivity index is 1.32. The van der Waals surface area contributed by atoms with Gasteiger partial charge in [0.15, 0.2) is 0 Å². The van der Waals surface area contributed by atoms with Crippen LogP contribution in [0.5, 0.6) is 5.75 Å². The summed E-state index contributed by atoms with van der Waals surface area (Å²) in [7, 11) is -1.91. The normalized spacial score (nSPS) is 14.9. The van der Waals surface area contributed by atoms with Gasteiger partial charge in [0.1, 0.15) is 10.6 Å². The van der Waals surface area contributed by atoms with Gasteiger partial charge in [0, 0.05) is 51.1 Å². The summed E-state index contributed by atoms with van der Waals surface area (Å²) in [5.74, 6) is 0.318. The lowest BCUT2D eigenvalue weighted by Gasteiger charge is -2.36. The lowest BCUT2D eigenvalue weighted by atomic mass is 10.1. The van der Waals surface area contributed by atoms with Gasteiger partial charge in [0.05, 0.1) is 0 Å². The van der Waals surface area contributed by atoms with Crippen LogP contribution in [0, 0.1) is 6.92 Å². The van der Waals surface area contributed by atoms with Gasteiger partial charge in [-0.2, -0.15) is 8.42 Å². The quantitative estimate of drug-likeness (QED) is 0.545. The number of hydrogen-bond acceptors (Lipinski definition) is 6. The van der Waals surface area contributed by atoms with Crippen molar-refractivity contribution in [1.29, 1.82) is 0 Å². The van der Waals surface area contributed by atoms with Crippen molar-refractivity contribution >= 4 is 21.5 Å². The molecule has 0 radical (unpaired) electrons. The zero-order valence-corrected chi connectivity index (χ0v) is 19.3. The van der Waals surface area contributed by atoms with Gasteiger partial charge in [-0.05, 0) is 61.0 Å². The Bertz CT molecular complexity index is 1120. The molecule has 1 fully saturated rings. The summed E-state index contributed by atoms with van der Waals surface area (Å²) in [5, 5.41) is 3.15. The van der Waals surface area contributed by atoms with E-state index < -0.39 is 10.1 Å². The summed E-state index contributed by atoms with van der Waals surface area (Å²) in [6, 6.07) is 22.5. The average Bonchev–Trinajstić information content (AvgIpc) is 2.81. The maximum Gasteiger partial charge on any atom is 0.339 e. The Morgan fingerprint density at radius 1 is 0.844 bits per heavy atom. The summed E-state index contributed by atoms with van der Waals surface area (Å²) in [6.07, 6.45) is 0. The lowest BCUT2D eigenvalue weighted by molar-refractivity contribution is 0.250. The van der Waals surface area contributed by atoms with Crippen molar-refractivity contribution in [2.45, 2.75) is 18.4 Å². The highest BCUT2D eigenvalue weighted by Crippen LogP contribution is 2.24. The van der Waals surface area contributed by atoms with Gasteiger partial charge in [0.2, 0.25) is 0 Å². The fourth-order valence-corrected chi connectivity index (χ4v) is 4.72. The Hall–Kier alpha value is -3.03. The van der Waals surface area contributed by atoms with Crippen molar-refractivity contribution < 1.29 is 12.6 Å². The molecular weight excluding hydrogens is 422 g/mol. The topological polar surface area (TPSA) is 61.9 Å². The number of piperazine rings is 1. The third-order valence-electron chi connectivity index (χ3n) is 5.74. The molecule has 0 atom stereocenters. The van der Waals surface area contributed by atoms with Crippen LogP contribution in [-0.4, -0.2) is 46.5 Å². The minimum absolute atomic E-state index is 0.156. The van der Waals surface area contributed by atoms with Crippen LogP contribution in [0.4, 0.5) is 11.4 Å². The highest BCUT2D eigenvalue weighted by molar-refractivity contribution is 7.87. The number of nitrogens with one attached hydrogen (secondary N) is 1. The van der Waals surface area contributed by atoms with Crippen LogP contribution in [0.3, 0.4) is 0 Å². The molecule has 7 heteroatoms. The summed E-state index contributed by atoms with van der Waals surface area (Å²) in [6.45, 7) is 6.67. The number of nitrogens with zero attached hydrogens (tertiary/aromatic N) is 2. The van der Waals surface area contributed by atoms with Crippen molar-refractivity contribution in [1.82, 2.24) is 4.90 Å². The van der Waals surface area contributed by atoms with Gasteiger partial charge in [-0.1, -0.05) is 29.8 Å². The van der Waals surface area contributed by atoms with E-state index in [0.717, 1.165) is 49.7 Å². The van der Waals surface area contributed by atoms with E-state index in [4.69, 9.17) is 4.18 Å². The predicted octanol–water partition coefficient (Wildman–Crippen LogP) is 4.13. The molecular formula is C25H29N3O3S. The van der Waals surface area contributed by atoms with Gasteiger partial charge in [-0.15, -0.1) is 0 Å². The second-order valence-electron chi connectivity index (χ2n) is 8.05. The number of anilines is 2. The van der Waals surface area contributed by atoms with Crippen LogP contribution < -0.4 is 14.4 Å². The van der Waals surface area contributed by atoms with Crippen LogP contribution in [-0.2, 0) is 16.7 Å². The molecule has 0 unspecified atom stereocenters. The third-order valence-corrected chi connectivity index (χ3v) is 7.00.